The summed E-state index contributed by atoms with van der Waals surface area (Å²) in [6.07, 6.45) is 9.70. The van der Waals surface area contributed by atoms with Crippen LogP contribution in [0.1, 0.15) is 96.5 Å². The number of hydrogen-bond donors (Lipinski definition) is 4. The number of nitrogens with one attached hydrogen (secondary N) is 4. The third-order valence-electron chi connectivity index (χ3n) is 7.97. The highest BCUT2D eigenvalue weighted by Gasteiger charge is 2.46. The molecule has 3 rings (SSSR count). The topological polar surface area (TPSA) is 180 Å². The Morgan fingerprint density at radius 1 is 1.00 bits per heavy atom. The van der Waals surface area contributed by atoms with Crippen LogP contribution in [0.4, 0.5) is 0 Å². The van der Waals surface area contributed by atoms with Crippen molar-refractivity contribution in [2.45, 2.75) is 110 Å². The van der Waals surface area contributed by atoms with E-state index in [2.05, 4.69) is 38.2 Å². The van der Waals surface area contributed by atoms with Crippen LogP contribution < -0.4 is 21.3 Å². The number of Topliss-reactive ketones (excluding diaryl/α,β-unsaturated/α-hetero) is 1. The summed E-state index contributed by atoms with van der Waals surface area (Å²) in [5.41, 5.74) is -0.677. The molecule has 1 saturated heterocycles. The fraction of sp³-hybridized carbons (Fsp3) is 0.677. The van der Waals surface area contributed by atoms with Gasteiger partial charge >= 0.3 is 0 Å². The summed E-state index contributed by atoms with van der Waals surface area (Å²) in [7, 11) is 0. The van der Waals surface area contributed by atoms with Crippen LogP contribution in [0.15, 0.2) is 18.6 Å². The van der Waals surface area contributed by atoms with Crippen LogP contribution in [-0.2, 0) is 24.0 Å². The first-order valence-corrected chi connectivity index (χ1v) is 15.7. The Morgan fingerprint density at radius 2 is 1.73 bits per heavy atom. The molecule has 0 aromatic carbocycles. The minimum Gasteiger partial charge on any atom is -0.347 e. The second kappa shape index (κ2) is 15.7. The Morgan fingerprint density at radius 3 is 2.32 bits per heavy atom. The summed E-state index contributed by atoms with van der Waals surface area (Å²) in [4.78, 5) is 88.0. The summed E-state index contributed by atoms with van der Waals surface area (Å²) < 4.78 is 0. The lowest BCUT2D eigenvalue weighted by Gasteiger charge is -2.36. The van der Waals surface area contributed by atoms with Crippen molar-refractivity contribution in [3.8, 4) is 0 Å². The zero-order valence-electron chi connectivity index (χ0n) is 26.5. The molecule has 5 amide bonds. The smallest absolute Gasteiger partial charge is 0.289 e. The van der Waals surface area contributed by atoms with Gasteiger partial charge in [0.25, 0.3) is 11.8 Å². The maximum Gasteiger partial charge on any atom is 0.289 e. The van der Waals surface area contributed by atoms with Gasteiger partial charge in [0.2, 0.25) is 23.5 Å². The van der Waals surface area contributed by atoms with Gasteiger partial charge in [0.1, 0.15) is 17.8 Å². The van der Waals surface area contributed by atoms with Gasteiger partial charge in [0, 0.05) is 25.0 Å². The van der Waals surface area contributed by atoms with Crippen LogP contribution in [-0.4, -0.2) is 87.4 Å². The monoisotopic (exact) mass is 613 g/mol. The Balaban J connectivity index is 1.76. The molecule has 44 heavy (non-hydrogen) atoms. The largest absolute Gasteiger partial charge is 0.347 e. The number of hydrogen-bond acceptors (Lipinski definition) is 8. The van der Waals surface area contributed by atoms with Crippen molar-refractivity contribution in [3.63, 3.8) is 0 Å². The summed E-state index contributed by atoms with van der Waals surface area (Å²) >= 11 is 0. The molecule has 0 bridgehead atoms. The highest BCUT2D eigenvalue weighted by Crippen LogP contribution is 2.32. The van der Waals surface area contributed by atoms with E-state index in [4.69, 9.17) is 0 Å². The first kappa shape index (κ1) is 34.6. The van der Waals surface area contributed by atoms with Crippen LogP contribution >= 0.6 is 0 Å². The summed E-state index contributed by atoms with van der Waals surface area (Å²) in [5, 5.41) is 10.7. The Labute approximate surface area is 259 Å². The minimum atomic E-state index is -0.999. The van der Waals surface area contributed by atoms with Crippen molar-refractivity contribution in [2.75, 3.05) is 13.1 Å². The number of carbonyl (C=O) groups excluding carboxylic acids is 6. The van der Waals surface area contributed by atoms with Gasteiger partial charge in [-0.15, -0.1) is 0 Å². The highest BCUT2D eigenvalue weighted by molar-refractivity contribution is 6.38. The van der Waals surface area contributed by atoms with Crippen molar-refractivity contribution in [3.05, 3.63) is 24.3 Å². The third-order valence-corrected chi connectivity index (χ3v) is 7.97. The number of ketones is 1. The number of nitrogens with zero attached hydrogens (tertiary/aromatic N) is 3. The van der Waals surface area contributed by atoms with E-state index in [1.165, 1.54) is 23.5 Å². The molecule has 0 radical (unpaired) electrons. The molecule has 2 aliphatic rings. The molecule has 3 unspecified atom stereocenters. The molecule has 4 atom stereocenters. The molecule has 1 aromatic heterocycles. The van der Waals surface area contributed by atoms with Gasteiger partial charge in [-0.25, -0.2) is 4.98 Å². The van der Waals surface area contributed by atoms with Gasteiger partial charge in [-0.05, 0) is 43.4 Å². The molecule has 1 aliphatic heterocycles. The molecule has 0 spiro atoms. The number of rotatable bonds is 15. The van der Waals surface area contributed by atoms with Gasteiger partial charge in [-0.1, -0.05) is 53.9 Å². The Bertz CT molecular complexity index is 1200. The van der Waals surface area contributed by atoms with Gasteiger partial charge in [-0.3, -0.25) is 33.8 Å². The zero-order chi connectivity index (χ0) is 32.4. The van der Waals surface area contributed by atoms with Crippen molar-refractivity contribution in [1.29, 1.82) is 0 Å². The quantitative estimate of drug-likeness (QED) is 0.214. The van der Waals surface area contributed by atoms with E-state index < -0.39 is 58.9 Å². The third kappa shape index (κ3) is 9.55. The lowest BCUT2D eigenvalue weighted by atomic mass is 9.85. The van der Waals surface area contributed by atoms with Crippen molar-refractivity contribution >= 4 is 35.3 Å². The Hall–Kier alpha value is -3.90. The first-order chi connectivity index (χ1) is 20.9. The predicted octanol–water partition coefficient (Wildman–Crippen LogP) is 1.28. The highest BCUT2D eigenvalue weighted by atomic mass is 16.2. The predicted molar refractivity (Wildman–Crippen MR) is 162 cm³/mol. The van der Waals surface area contributed by atoms with Crippen LogP contribution in [0.2, 0.25) is 0 Å². The lowest BCUT2D eigenvalue weighted by Crippen LogP contribution is -2.60. The molecular weight excluding hydrogens is 566 g/mol. The lowest BCUT2D eigenvalue weighted by molar-refractivity contribution is -0.145. The second-order valence-electron chi connectivity index (χ2n) is 12.8. The number of aromatic nitrogens is 2. The molecule has 13 heteroatoms. The molecular formula is C31H47N7O6. The SMILES string of the molecule is CCCC[C@H]1CCN(C(=O)C(NC(=O)CNC(=O)c2cnccn2)C(C)(C)C)C1C(=O)NC(CCC)C(=O)C(=O)NC1CC1. The molecule has 1 aromatic rings. The number of unbranched alkanes of at least 4 members (excludes halogenated alkanes) is 1. The van der Waals surface area contributed by atoms with E-state index in [1.54, 1.807) is 0 Å². The van der Waals surface area contributed by atoms with Crippen molar-refractivity contribution in [1.82, 2.24) is 36.1 Å². The molecule has 1 aliphatic carbocycles. The van der Waals surface area contributed by atoms with E-state index in [1.807, 2.05) is 27.7 Å². The molecule has 2 fully saturated rings. The number of likely N-dealkylation sites (tertiary alicyclic amines) is 1. The van der Waals surface area contributed by atoms with Gasteiger partial charge in [0.15, 0.2) is 0 Å². The minimum absolute atomic E-state index is 0.00988. The van der Waals surface area contributed by atoms with Crippen molar-refractivity contribution in [2.24, 2.45) is 11.3 Å². The summed E-state index contributed by atoms with van der Waals surface area (Å²) in [5.74, 6) is -3.57. The fourth-order valence-electron chi connectivity index (χ4n) is 5.38. The standard InChI is InChI=1S/C31H47N7O6/c1-6-8-10-19-13-16-38(24(19)28(42)36-21(9-7-2)25(40)29(43)35-20-11-12-20)30(44)26(31(3,4)5)37-23(39)18-34-27(41)22-17-32-14-15-33-22/h14-15,17,19-21,24,26H,6-13,16,18H2,1-5H3,(H,34,41)(H,35,43)(H,36,42)(H,37,39)/t19-,21?,24?,26?/m0/s1. The van der Waals surface area contributed by atoms with E-state index >= 15 is 0 Å². The summed E-state index contributed by atoms with van der Waals surface area (Å²) in [6, 6.07) is -2.84. The number of amides is 5. The maximum absolute atomic E-state index is 14.1. The first-order valence-electron chi connectivity index (χ1n) is 15.7. The van der Waals surface area contributed by atoms with E-state index in [0.29, 0.717) is 32.2 Å². The van der Waals surface area contributed by atoms with E-state index in [9.17, 15) is 28.8 Å². The van der Waals surface area contributed by atoms with Gasteiger partial charge < -0.3 is 26.2 Å². The van der Waals surface area contributed by atoms with Crippen LogP contribution in [0, 0.1) is 11.3 Å². The van der Waals surface area contributed by atoms with Crippen molar-refractivity contribution < 1.29 is 28.8 Å². The van der Waals surface area contributed by atoms with E-state index in [0.717, 1.165) is 25.7 Å². The fourth-order valence-corrected chi connectivity index (χ4v) is 5.38. The zero-order valence-corrected chi connectivity index (χ0v) is 26.5. The van der Waals surface area contributed by atoms with Crippen LogP contribution in [0.5, 0.6) is 0 Å². The van der Waals surface area contributed by atoms with Crippen LogP contribution in [0.3, 0.4) is 0 Å². The van der Waals surface area contributed by atoms with Gasteiger partial charge in [-0.2, -0.15) is 0 Å². The maximum atomic E-state index is 14.1. The molecule has 1 saturated carbocycles. The Kier molecular flexibility index (Phi) is 12.4. The molecule has 2 heterocycles. The summed E-state index contributed by atoms with van der Waals surface area (Å²) in [6.45, 7) is 9.27. The molecule has 13 nitrogen and oxygen atoms in total. The second-order valence-corrected chi connectivity index (χ2v) is 12.8. The van der Waals surface area contributed by atoms with E-state index in [-0.39, 0.29) is 24.2 Å². The average Bonchev–Trinajstić information content (AvgIpc) is 3.70. The van der Waals surface area contributed by atoms with Crippen LogP contribution in [0.25, 0.3) is 0 Å². The molecule has 242 valence electrons. The average molecular weight is 614 g/mol. The normalized spacial score (nSPS) is 19.4. The molecule has 4 N–H and O–H groups in total. The van der Waals surface area contributed by atoms with Gasteiger partial charge in [0.05, 0.1) is 18.8 Å². The number of carbonyl (C=O) groups is 6.